The summed E-state index contributed by atoms with van der Waals surface area (Å²) in [4.78, 5) is 2.37. The highest BCUT2D eigenvalue weighted by atomic mass is 16.5. The average Bonchev–Trinajstić information content (AvgIpc) is 3.08. The second kappa shape index (κ2) is 11.7. The van der Waals surface area contributed by atoms with Crippen LogP contribution in [0.5, 0.6) is 5.75 Å². The van der Waals surface area contributed by atoms with Crippen LogP contribution in [-0.4, -0.2) is 55.2 Å². The van der Waals surface area contributed by atoms with Crippen molar-refractivity contribution < 1.29 is 14.2 Å². The molecular formula is C25H39N3O3. The first-order chi connectivity index (χ1) is 15.0. The highest BCUT2D eigenvalue weighted by molar-refractivity contribution is 5.71. The maximum absolute atomic E-state index is 6.08. The third-order valence-electron chi connectivity index (χ3n) is 5.86. The summed E-state index contributed by atoms with van der Waals surface area (Å²) in [5, 5.41) is 5.08. The first kappa shape index (κ1) is 23.8. The van der Waals surface area contributed by atoms with Gasteiger partial charge in [-0.2, -0.15) is 5.10 Å². The number of methoxy groups -OCH3 is 1. The van der Waals surface area contributed by atoms with Gasteiger partial charge in [-0.3, -0.25) is 0 Å². The van der Waals surface area contributed by atoms with Gasteiger partial charge in [-0.05, 0) is 76.4 Å². The number of unbranched alkanes of at least 4 members (excludes halogenated alkanes) is 1. The van der Waals surface area contributed by atoms with Crippen LogP contribution in [0.4, 0.5) is 0 Å². The minimum atomic E-state index is 0.0319. The Balaban J connectivity index is 1.97. The predicted molar refractivity (Wildman–Crippen MR) is 125 cm³/mol. The van der Waals surface area contributed by atoms with Crippen LogP contribution < -0.4 is 4.74 Å². The van der Waals surface area contributed by atoms with Crippen molar-refractivity contribution >= 4 is 0 Å². The standard InChI is InChI=1S/C25H39N3O3/c1-6-7-11-27(4)18-23-25(20(3)28(26-23)24-10-8-9-12-31-24)21-15-19(2)16-22(17-21)30-14-13-29-5/h15-17,24H,6-14,18H2,1-5H3. The molecule has 31 heavy (non-hydrogen) atoms. The minimum absolute atomic E-state index is 0.0319. The van der Waals surface area contributed by atoms with Crippen LogP contribution in [-0.2, 0) is 16.0 Å². The Hall–Kier alpha value is -1.89. The molecule has 3 rings (SSSR count). The molecule has 1 atom stereocenters. The van der Waals surface area contributed by atoms with Crippen LogP contribution in [0.15, 0.2) is 18.2 Å². The zero-order valence-electron chi connectivity index (χ0n) is 19.9. The molecule has 1 aliphatic heterocycles. The molecule has 1 aromatic carbocycles. The van der Waals surface area contributed by atoms with Gasteiger partial charge >= 0.3 is 0 Å². The summed E-state index contributed by atoms with van der Waals surface area (Å²) in [7, 11) is 3.87. The van der Waals surface area contributed by atoms with Crippen molar-refractivity contribution in [3.63, 3.8) is 0 Å². The van der Waals surface area contributed by atoms with Crippen molar-refractivity contribution in [2.45, 2.75) is 65.6 Å². The molecule has 0 bridgehead atoms. The van der Waals surface area contributed by atoms with E-state index >= 15 is 0 Å². The monoisotopic (exact) mass is 429 g/mol. The number of hydrogen-bond acceptors (Lipinski definition) is 5. The first-order valence-corrected chi connectivity index (χ1v) is 11.7. The summed E-state index contributed by atoms with van der Waals surface area (Å²) < 4.78 is 19.3. The highest BCUT2D eigenvalue weighted by Crippen LogP contribution is 2.35. The highest BCUT2D eigenvalue weighted by Gasteiger charge is 2.24. The number of ether oxygens (including phenoxy) is 3. The zero-order chi connectivity index (χ0) is 22.2. The normalized spacial score (nSPS) is 16.8. The summed E-state index contributed by atoms with van der Waals surface area (Å²) in [5.74, 6) is 0.874. The number of rotatable bonds is 11. The summed E-state index contributed by atoms with van der Waals surface area (Å²) in [5.41, 5.74) is 5.82. The first-order valence-electron chi connectivity index (χ1n) is 11.7. The van der Waals surface area contributed by atoms with Crippen LogP contribution in [0.1, 0.15) is 62.2 Å². The van der Waals surface area contributed by atoms with Crippen LogP contribution in [0, 0.1) is 13.8 Å². The maximum Gasteiger partial charge on any atom is 0.150 e. The van der Waals surface area contributed by atoms with Gasteiger partial charge in [-0.1, -0.05) is 19.4 Å². The van der Waals surface area contributed by atoms with E-state index in [-0.39, 0.29) is 6.23 Å². The van der Waals surface area contributed by atoms with E-state index in [9.17, 15) is 0 Å². The fraction of sp³-hybridized carbons (Fsp3) is 0.640. The molecule has 0 spiro atoms. The lowest BCUT2D eigenvalue weighted by atomic mass is 10.0. The number of aryl methyl sites for hydroxylation is 1. The Kier molecular flexibility index (Phi) is 8.93. The van der Waals surface area contributed by atoms with Crippen molar-refractivity contribution in [3.05, 3.63) is 35.2 Å². The van der Waals surface area contributed by atoms with Gasteiger partial charge in [0, 0.05) is 31.5 Å². The SMILES string of the molecule is CCCCN(C)Cc1nn(C2CCCCO2)c(C)c1-c1cc(C)cc(OCCOC)c1. The summed E-state index contributed by atoms with van der Waals surface area (Å²) in [6, 6.07) is 6.44. The van der Waals surface area contributed by atoms with Crippen LogP contribution in [0.25, 0.3) is 11.1 Å². The lowest BCUT2D eigenvalue weighted by Crippen LogP contribution is -2.21. The molecule has 2 aromatic rings. The van der Waals surface area contributed by atoms with Crippen LogP contribution >= 0.6 is 0 Å². The van der Waals surface area contributed by atoms with Crippen molar-refractivity contribution in [3.8, 4) is 16.9 Å². The number of hydrogen-bond donors (Lipinski definition) is 0. The molecule has 6 heteroatoms. The predicted octanol–water partition coefficient (Wildman–Crippen LogP) is 5.12. The zero-order valence-corrected chi connectivity index (χ0v) is 19.9. The molecule has 0 amide bonds. The Morgan fingerprint density at radius 2 is 2.03 bits per heavy atom. The van der Waals surface area contributed by atoms with Gasteiger partial charge in [0.25, 0.3) is 0 Å². The van der Waals surface area contributed by atoms with Gasteiger partial charge in [0.1, 0.15) is 18.6 Å². The molecule has 1 unspecified atom stereocenters. The van der Waals surface area contributed by atoms with Gasteiger partial charge in [0.2, 0.25) is 0 Å². The summed E-state index contributed by atoms with van der Waals surface area (Å²) in [6.45, 7) is 10.3. The van der Waals surface area contributed by atoms with E-state index in [2.05, 4.69) is 55.6 Å². The molecular weight excluding hydrogens is 390 g/mol. The molecule has 172 valence electrons. The van der Waals surface area contributed by atoms with Crippen molar-refractivity contribution in [1.82, 2.24) is 14.7 Å². The third kappa shape index (κ3) is 6.31. The second-order valence-corrected chi connectivity index (χ2v) is 8.64. The van der Waals surface area contributed by atoms with Crippen molar-refractivity contribution in [2.24, 2.45) is 0 Å². The third-order valence-corrected chi connectivity index (χ3v) is 5.86. The van der Waals surface area contributed by atoms with E-state index in [0.717, 1.165) is 49.5 Å². The molecule has 0 saturated carbocycles. The Morgan fingerprint density at radius 1 is 1.19 bits per heavy atom. The van der Waals surface area contributed by atoms with E-state index in [1.165, 1.54) is 36.1 Å². The molecule has 0 radical (unpaired) electrons. The fourth-order valence-electron chi connectivity index (χ4n) is 4.24. The Morgan fingerprint density at radius 3 is 2.74 bits per heavy atom. The molecule has 0 aliphatic carbocycles. The molecule has 0 N–H and O–H groups in total. The molecule has 2 heterocycles. The van der Waals surface area contributed by atoms with Crippen LogP contribution in [0.3, 0.4) is 0 Å². The topological polar surface area (TPSA) is 48.8 Å². The van der Waals surface area contributed by atoms with Gasteiger partial charge < -0.3 is 19.1 Å². The Bertz CT molecular complexity index is 828. The lowest BCUT2D eigenvalue weighted by molar-refractivity contribution is -0.0409. The van der Waals surface area contributed by atoms with Gasteiger partial charge in [0.05, 0.1) is 12.3 Å². The van der Waals surface area contributed by atoms with Crippen molar-refractivity contribution in [2.75, 3.05) is 40.5 Å². The molecule has 1 aromatic heterocycles. The Labute approximate surface area is 187 Å². The van der Waals surface area contributed by atoms with E-state index in [4.69, 9.17) is 19.3 Å². The quantitative estimate of drug-likeness (QED) is 0.464. The lowest BCUT2D eigenvalue weighted by Gasteiger charge is -2.24. The van der Waals surface area contributed by atoms with E-state index < -0.39 is 0 Å². The van der Waals surface area contributed by atoms with Gasteiger partial charge in [-0.15, -0.1) is 0 Å². The van der Waals surface area contributed by atoms with Crippen LogP contribution in [0.2, 0.25) is 0 Å². The fourth-order valence-corrected chi connectivity index (χ4v) is 4.24. The summed E-state index contributed by atoms with van der Waals surface area (Å²) in [6.07, 6.45) is 5.76. The molecule has 1 fully saturated rings. The van der Waals surface area contributed by atoms with E-state index in [0.29, 0.717) is 13.2 Å². The van der Waals surface area contributed by atoms with Gasteiger partial charge in [0.15, 0.2) is 0 Å². The molecule has 1 saturated heterocycles. The number of aromatic nitrogens is 2. The second-order valence-electron chi connectivity index (χ2n) is 8.64. The minimum Gasteiger partial charge on any atom is -0.491 e. The van der Waals surface area contributed by atoms with E-state index in [1.807, 2.05) is 0 Å². The van der Waals surface area contributed by atoms with Gasteiger partial charge in [-0.25, -0.2) is 4.68 Å². The average molecular weight is 430 g/mol. The molecule has 1 aliphatic rings. The van der Waals surface area contributed by atoms with Crippen molar-refractivity contribution in [1.29, 1.82) is 0 Å². The summed E-state index contributed by atoms with van der Waals surface area (Å²) >= 11 is 0. The maximum atomic E-state index is 6.08. The smallest absolute Gasteiger partial charge is 0.150 e. The van der Waals surface area contributed by atoms with E-state index in [1.54, 1.807) is 7.11 Å². The molecule has 6 nitrogen and oxygen atoms in total. The number of benzene rings is 1. The number of nitrogens with zero attached hydrogens (tertiary/aromatic N) is 3. The largest absolute Gasteiger partial charge is 0.491 e.